The number of nitrogens with one attached hydrogen (secondary N) is 2. The lowest BCUT2D eigenvalue weighted by atomic mass is 10.00. The first-order chi connectivity index (χ1) is 7.38. The molecule has 2 N–H and O–H groups in total. The van der Waals surface area contributed by atoms with Crippen LogP contribution in [0.25, 0.3) is 0 Å². The lowest BCUT2D eigenvalue weighted by molar-refractivity contribution is -0.109. The molecule has 0 aromatic heterocycles. The van der Waals surface area contributed by atoms with E-state index < -0.39 is 0 Å². The summed E-state index contributed by atoms with van der Waals surface area (Å²) in [5.74, 6) is 0.0866. The number of piperidine rings is 1. The average Bonchev–Trinajstić information content (AvgIpc) is 2.31. The molecule has 0 amide bonds. The second-order valence-electron chi connectivity index (χ2n) is 4.22. The van der Waals surface area contributed by atoms with Crippen molar-refractivity contribution < 1.29 is 4.79 Å². The smallest absolute Gasteiger partial charge is 0.127 e. The Balaban J connectivity index is 1.82. The number of hydrogen-bond donors (Lipinski definition) is 2. The van der Waals surface area contributed by atoms with E-state index in [1.165, 1.54) is 18.5 Å². The van der Waals surface area contributed by atoms with E-state index in [0.29, 0.717) is 6.04 Å². The average molecular weight is 206 g/mol. The molecule has 3 nitrogen and oxygen atoms in total. The van der Waals surface area contributed by atoms with Crippen molar-refractivity contribution in [3.63, 3.8) is 0 Å². The van der Waals surface area contributed by atoms with Gasteiger partial charge in [0.1, 0.15) is 6.29 Å². The van der Waals surface area contributed by atoms with Gasteiger partial charge in [0.05, 0.1) is 0 Å². The van der Waals surface area contributed by atoms with Gasteiger partial charge in [-0.05, 0) is 38.4 Å². The zero-order valence-electron chi connectivity index (χ0n) is 8.91. The van der Waals surface area contributed by atoms with E-state index >= 15 is 0 Å². The standard InChI is InChI=1S/C12H18N2O/c15-9-10-1-3-11(4-2-10)14-12-5-7-13-8-6-12/h1,3-4,9-10,12-14H,2,5-8H2. The third-order valence-corrected chi connectivity index (χ3v) is 3.02. The maximum absolute atomic E-state index is 10.5. The molecule has 0 aromatic carbocycles. The quantitative estimate of drug-likeness (QED) is 0.677. The summed E-state index contributed by atoms with van der Waals surface area (Å²) in [6.45, 7) is 2.21. The van der Waals surface area contributed by atoms with Crippen LogP contribution in [-0.4, -0.2) is 25.4 Å². The van der Waals surface area contributed by atoms with E-state index in [1.54, 1.807) is 0 Å². The fourth-order valence-electron chi connectivity index (χ4n) is 2.05. The summed E-state index contributed by atoms with van der Waals surface area (Å²) in [7, 11) is 0. The molecule has 1 saturated heterocycles. The van der Waals surface area contributed by atoms with Crippen LogP contribution in [0.4, 0.5) is 0 Å². The highest BCUT2D eigenvalue weighted by atomic mass is 16.1. The van der Waals surface area contributed by atoms with Crippen molar-refractivity contribution >= 4 is 6.29 Å². The molecule has 1 aliphatic heterocycles. The Kier molecular flexibility index (Phi) is 3.56. The summed E-state index contributed by atoms with van der Waals surface area (Å²) in [5, 5.41) is 6.87. The minimum Gasteiger partial charge on any atom is -0.382 e. The zero-order chi connectivity index (χ0) is 10.5. The topological polar surface area (TPSA) is 41.1 Å². The second kappa shape index (κ2) is 5.12. The van der Waals surface area contributed by atoms with Crippen LogP contribution < -0.4 is 10.6 Å². The van der Waals surface area contributed by atoms with Gasteiger partial charge in [-0.3, -0.25) is 0 Å². The minimum absolute atomic E-state index is 0.0866. The van der Waals surface area contributed by atoms with E-state index in [9.17, 15) is 4.79 Å². The van der Waals surface area contributed by atoms with E-state index in [4.69, 9.17) is 0 Å². The maximum Gasteiger partial charge on any atom is 0.127 e. The van der Waals surface area contributed by atoms with Crippen molar-refractivity contribution in [3.05, 3.63) is 23.9 Å². The summed E-state index contributed by atoms with van der Waals surface area (Å²) in [5.41, 5.74) is 1.18. The van der Waals surface area contributed by atoms with Gasteiger partial charge in [-0.2, -0.15) is 0 Å². The predicted molar refractivity (Wildman–Crippen MR) is 60.4 cm³/mol. The Morgan fingerprint density at radius 1 is 1.40 bits per heavy atom. The van der Waals surface area contributed by atoms with Crippen LogP contribution >= 0.6 is 0 Å². The third-order valence-electron chi connectivity index (χ3n) is 3.02. The molecular weight excluding hydrogens is 188 g/mol. The molecule has 2 rings (SSSR count). The lowest BCUT2D eigenvalue weighted by Crippen LogP contribution is -2.39. The van der Waals surface area contributed by atoms with Crippen LogP contribution in [0.15, 0.2) is 23.9 Å². The zero-order valence-corrected chi connectivity index (χ0v) is 8.91. The van der Waals surface area contributed by atoms with Gasteiger partial charge in [0.25, 0.3) is 0 Å². The fraction of sp³-hybridized carbons (Fsp3) is 0.583. The van der Waals surface area contributed by atoms with Gasteiger partial charge < -0.3 is 15.4 Å². The van der Waals surface area contributed by atoms with Crippen LogP contribution in [-0.2, 0) is 4.79 Å². The van der Waals surface area contributed by atoms with Crippen molar-refractivity contribution in [1.82, 2.24) is 10.6 Å². The summed E-state index contributed by atoms with van der Waals surface area (Å²) < 4.78 is 0. The largest absolute Gasteiger partial charge is 0.382 e. The Morgan fingerprint density at radius 2 is 2.20 bits per heavy atom. The van der Waals surface area contributed by atoms with Crippen LogP contribution in [0.3, 0.4) is 0 Å². The van der Waals surface area contributed by atoms with Gasteiger partial charge in [-0.15, -0.1) is 0 Å². The number of aldehydes is 1. The molecule has 0 bridgehead atoms. The Hall–Kier alpha value is -1.09. The number of carbonyl (C=O) groups excluding carboxylic acids is 1. The molecule has 1 fully saturated rings. The molecule has 1 unspecified atom stereocenters. The van der Waals surface area contributed by atoms with Crippen molar-refractivity contribution in [2.45, 2.75) is 25.3 Å². The summed E-state index contributed by atoms with van der Waals surface area (Å²) in [4.78, 5) is 10.5. The number of allylic oxidation sites excluding steroid dienone is 3. The van der Waals surface area contributed by atoms with Crippen LogP contribution in [0.2, 0.25) is 0 Å². The molecule has 82 valence electrons. The fourth-order valence-corrected chi connectivity index (χ4v) is 2.05. The Bertz CT molecular complexity index is 277. The summed E-state index contributed by atoms with van der Waals surface area (Å²) >= 11 is 0. The third kappa shape index (κ3) is 2.93. The molecule has 0 aromatic rings. The lowest BCUT2D eigenvalue weighted by Gasteiger charge is -2.26. The number of carbonyl (C=O) groups is 1. The van der Waals surface area contributed by atoms with Gasteiger partial charge in [0.15, 0.2) is 0 Å². The number of rotatable bonds is 3. The first-order valence-corrected chi connectivity index (χ1v) is 5.69. The van der Waals surface area contributed by atoms with Crippen molar-refractivity contribution in [2.75, 3.05) is 13.1 Å². The van der Waals surface area contributed by atoms with Crippen LogP contribution in [0.5, 0.6) is 0 Å². The highest BCUT2D eigenvalue weighted by Crippen LogP contribution is 2.14. The molecule has 0 spiro atoms. The molecule has 3 heteroatoms. The molecular formula is C12H18N2O. The van der Waals surface area contributed by atoms with Gasteiger partial charge in [-0.25, -0.2) is 0 Å². The van der Waals surface area contributed by atoms with Gasteiger partial charge >= 0.3 is 0 Å². The van der Waals surface area contributed by atoms with Crippen molar-refractivity contribution in [1.29, 1.82) is 0 Å². The molecule has 2 aliphatic rings. The van der Waals surface area contributed by atoms with Crippen LogP contribution in [0, 0.1) is 5.92 Å². The summed E-state index contributed by atoms with van der Waals surface area (Å²) in [6.07, 6.45) is 10.4. The van der Waals surface area contributed by atoms with Crippen LogP contribution in [0.1, 0.15) is 19.3 Å². The minimum atomic E-state index is 0.0866. The maximum atomic E-state index is 10.5. The van der Waals surface area contributed by atoms with E-state index in [2.05, 4.69) is 16.7 Å². The Labute approximate surface area is 90.6 Å². The second-order valence-corrected chi connectivity index (χ2v) is 4.22. The summed E-state index contributed by atoms with van der Waals surface area (Å²) in [6, 6.07) is 0.593. The van der Waals surface area contributed by atoms with Gasteiger partial charge in [0, 0.05) is 17.7 Å². The molecule has 0 radical (unpaired) electrons. The Morgan fingerprint density at radius 3 is 2.80 bits per heavy atom. The number of hydrogen-bond acceptors (Lipinski definition) is 3. The van der Waals surface area contributed by atoms with Gasteiger partial charge in [-0.1, -0.05) is 12.2 Å². The monoisotopic (exact) mass is 206 g/mol. The van der Waals surface area contributed by atoms with E-state index in [0.717, 1.165) is 25.8 Å². The SMILES string of the molecule is O=CC1C=CC(NC2CCNCC2)=CC1. The molecule has 1 aliphatic carbocycles. The van der Waals surface area contributed by atoms with Gasteiger partial charge in [0.2, 0.25) is 0 Å². The highest BCUT2D eigenvalue weighted by molar-refractivity contribution is 5.58. The molecule has 1 atom stereocenters. The first-order valence-electron chi connectivity index (χ1n) is 5.69. The van der Waals surface area contributed by atoms with E-state index in [-0.39, 0.29) is 5.92 Å². The van der Waals surface area contributed by atoms with Crippen molar-refractivity contribution in [3.8, 4) is 0 Å². The molecule has 1 heterocycles. The highest BCUT2D eigenvalue weighted by Gasteiger charge is 2.14. The van der Waals surface area contributed by atoms with E-state index in [1.807, 2.05) is 12.2 Å². The van der Waals surface area contributed by atoms with Crippen molar-refractivity contribution in [2.24, 2.45) is 5.92 Å². The molecule has 15 heavy (non-hydrogen) atoms. The first kappa shape index (κ1) is 10.4. The predicted octanol–water partition coefficient (Wildman–Crippen LogP) is 0.987. The normalized spacial score (nSPS) is 27.2. The molecule has 0 saturated carbocycles.